The van der Waals surface area contributed by atoms with Crippen LogP contribution >= 0.6 is 0 Å². The molecule has 14 heavy (non-hydrogen) atoms. The van der Waals surface area contributed by atoms with Crippen molar-refractivity contribution >= 4 is 0 Å². The molecule has 0 spiro atoms. The van der Waals surface area contributed by atoms with Crippen LogP contribution in [0.2, 0.25) is 0 Å². The smallest absolute Gasteiger partial charge is 0.176 e. The van der Waals surface area contributed by atoms with Crippen LogP contribution in [0.3, 0.4) is 0 Å². The molecule has 0 heterocycles. The number of aryl methyl sites for hydroxylation is 1. The maximum Gasteiger partial charge on any atom is 0.176 e. The Morgan fingerprint density at radius 3 is 2.86 bits per heavy atom. The summed E-state index contributed by atoms with van der Waals surface area (Å²) in [6.07, 6.45) is 3.50. The Hall–Kier alpha value is -1.33. The van der Waals surface area contributed by atoms with Gasteiger partial charge in [-0.05, 0) is 31.2 Å². The topological polar surface area (TPSA) is 44.0 Å². The van der Waals surface area contributed by atoms with Gasteiger partial charge < -0.3 is 5.11 Å². The molecule has 1 N–H and O–H groups in total. The zero-order chi connectivity index (χ0) is 10.0. The molecule has 0 radical (unpaired) electrons. The Kier molecular flexibility index (Phi) is 2.26. The number of hydrogen-bond acceptors (Lipinski definition) is 2. The molecule has 1 aromatic rings. The lowest BCUT2D eigenvalue weighted by atomic mass is 9.89. The van der Waals surface area contributed by atoms with Gasteiger partial charge in [-0.1, -0.05) is 24.3 Å². The monoisotopic (exact) mass is 187 g/mol. The summed E-state index contributed by atoms with van der Waals surface area (Å²) in [4.78, 5) is 0. The summed E-state index contributed by atoms with van der Waals surface area (Å²) in [6.45, 7) is 0. The van der Waals surface area contributed by atoms with E-state index >= 15 is 0 Å². The minimum absolute atomic E-state index is 0.556. The molecule has 2 heteroatoms. The normalized spacial score (nSPS) is 26.0. The maximum atomic E-state index is 10.2. The third kappa shape index (κ3) is 1.40. The van der Waals surface area contributed by atoms with Crippen molar-refractivity contribution in [1.29, 1.82) is 5.26 Å². The highest BCUT2D eigenvalue weighted by molar-refractivity contribution is 5.37. The fourth-order valence-electron chi connectivity index (χ4n) is 2.09. The first-order chi connectivity index (χ1) is 6.76. The number of aliphatic hydroxyl groups is 1. The molecule has 1 aromatic carbocycles. The van der Waals surface area contributed by atoms with Gasteiger partial charge in [-0.25, -0.2) is 0 Å². The van der Waals surface area contributed by atoms with E-state index in [0.717, 1.165) is 30.4 Å². The number of hydrogen-bond donors (Lipinski definition) is 1. The van der Waals surface area contributed by atoms with Crippen molar-refractivity contribution in [3.05, 3.63) is 35.4 Å². The van der Waals surface area contributed by atoms with Gasteiger partial charge >= 0.3 is 0 Å². The van der Waals surface area contributed by atoms with Crippen LogP contribution in [-0.2, 0) is 12.0 Å². The number of nitrogens with zero attached hydrogens (tertiary/aromatic N) is 1. The summed E-state index contributed by atoms with van der Waals surface area (Å²) in [6, 6.07) is 9.74. The second-order valence-corrected chi connectivity index (χ2v) is 3.84. The van der Waals surface area contributed by atoms with Gasteiger partial charge in [0.05, 0.1) is 0 Å². The first kappa shape index (κ1) is 9.23. The highest BCUT2D eigenvalue weighted by Gasteiger charge is 2.32. The molecule has 1 aliphatic carbocycles. The van der Waals surface area contributed by atoms with Crippen LogP contribution in [0, 0.1) is 11.3 Å². The van der Waals surface area contributed by atoms with Crippen molar-refractivity contribution in [2.75, 3.05) is 0 Å². The van der Waals surface area contributed by atoms with Crippen molar-refractivity contribution in [1.82, 2.24) is 0 Å². The van der Waals surface area contributed by atoms with Gasteiger partial charge in [-0.3, -0.25) is 0 Å². The van der Waals surface area contributed by atoms with Gasteiger partial charge in [0.2, 0.25) is 0 Å². The predicted octanol–water partition coefficient (Wildman–Crippen LogP) is 2.12. The molecule has 2 nitrogen and oxygen atoms in total. The highest BCUT2D eigenvalue weighted by atomic mass is 16.3. The summed E-state index contributed by atoms with van der Waals surface area (Å²) in [5, 5.41) is 19.2. The molecule has 0 amide bonds. The first-order valence-electron chi connectivity index (χ1n) is 4.98. The SMILES string of the molecule is N#CC1(O)CCCCc2ccccc21. The zero-order valence-electron chi connectivity index (χ0n) is 8.03. The highest BCUT2D eigenvalue weighted by Crippen LogP contribution is 2.33. The Bertz CT molecular complexity index is 380. The fourth-order valence-corrected chi connectivity index (χ4v) is 2.09. The lowest BCUT2D eigenvalue weighted by Crippen LogP contribution is -2.23. The lowest BCUT2D eigenvalue weighted by Gasteiger charge is -2.20. The molecule has 0 fully saturated rings. The second kappa shape index (κ2) is 3.43. The Morgan fingerprint density at radius 1 is 1.29 bits per heavy atom. The van der Waals surface area contributed by atoms with Gasteiger partial charge in [-0.15, -0.1) is 0 Å². The number of rotatable bonds is 0. The van der Waals surface area contributed by atoms with E-state index in [4.69, 9.17) is 5.26 Å². The van der Waals surface area contributed by atoms with Crippen molar-refractivity contribution in [3.8, 4) is 6.07 Å². The first-order valence-corrected chi connectivity index (χ1v) is 4.98. The van der Waals surface area contributed by atoms with Crippen LogP contribution in [0.4, 0.5) is 0 Å². The Balaban J connectivity index is 2.54. The molecular formula is C12H13NO. The summed E-state index contributed by atoms with van der Waals surface area (Å²) in [5.41, 5.74) is 0.668. The van der Waals surface area contributed by atoms with E-state index in [9.17, 15) is 5.11 Å². The molecule has 0 bridgehead atoms. The molecule has 0 saturated heterocycles. The van der Waals surface area contributed by atoms with E-state index < -0.39 is 5.60 Å². The number of fused-ring (bicyclic) bond motifs is 1. The van der Waals surface area contributed by atoms with E-state index in [-0.39, 0.29) is 0 Å². The van der Waals surface area contributed by atoms with Gasteiger partial charge in [0.25, 0.3) is 0 Å². The third-order valence-electron chi connectivity index (χ3n) is 2.88. The summed E-state index contributed by atoms with van der Waals surface area (Å²) < 4.78 is 0. The minimum Gasteiger partial charge on any atom is -0.371 e. The summed E-state index contributed by atoms with van der Waals surface area (Å²) in [5.74, 6) is 0. The van der Waals surface area contributed by atoms with E-state index in [1.54, 1.807) is 0 Å². The Labute approximate surface area is 83.8 Å². The van der Waals surface area contributed by atoms with E-state index in [1.807, 2.05) is 30.3 Å². The summed E-state index contributed by atoms with van der Waals surface area (Å²) >= 11 is 0. The average Bonchev–Trinajstić information content (AvgIpc) is 2.40. The van der Waals surface area contributed by atoms with Gasteiger partial charge in [0.15, 0.2) is 5.60 Å². The molecule has 72 valence electrons. The largest absolute Gasteiger partial charge is 0.371 e. The van der Waals surface area contributed by atoms with E-state index in [0.29, 0.717) is 6.42 Å². The fraction of sp³-hybridized carbons (Fsp3) is 0.417. The quantitative estimate of drug-likeness (QED) is 0.499. The molecule has 0 aromatic heterocycles. The molecule has 1 aliphatic rings. The molecular weight excluding hydrogens is 174 g/mol. The maximum absolute atomic E-state index is 10.2. The van der Waals surface area contributed by atoms with E-state index in [2.05, 4.69) is 0 Å². The van der Waals surface area contributed by atoms with Crippen LogP contribution in [-0.4, -0.2) is 5.11 Å². The zero-order valence-corrected chi connectivity index (χ0v) is 8.03. The molecule has 0 saturated carbocycles. The molecule has 2 rings (SSSR count). The summed E-state index contributed by atoms with van der Waals surface area (Å²) in [7, 11) is 0. The van der Waals surface area contributed by atoms with Crippen LogP contribution < -0.4 is 0 Å². The van der Waals surface area contributed by atoms with Crippen LogP contribution in [0.25, 0.3) is 0 Å². The molecule has 1 unspecified atom stereocenters. The van der Waals surface area contributed by atoms with Gasteiger partial charge in [-0.2, -0.15) is 5.26 Å². The second-order valence-electron chi connectivity index (χ2n) is 3.84. The average molecular weight is 187 g/mol. The third-order valence-corrected chi connectivity index (χ3v) is 2.88. The van der Waals surface area contributed by atoms with Gasteiger partial charge in [0, 0.05) is 5.56 Å². The van der Waals surface area contributed by atoms with Crippen molar-refractivity contribution in [3.63, 3.8) is 0 Å². The van der Waals surface area contributed by atoms with Crippen molar-refractivity contribution in [2.24, 2.45) is 0 Å². The molecule has 0 aliphatic heterocycles. The van der Waals surface area contributed by atoms with Crippen LogP contribution in [0.1, 0.15) is 30.4 Å². The number of nitriles is 1. The van der Waals surface area contributed by atoms with Crippen LogP contribution in [0.5, 0.6) is 0 Å². The van der Waals surface area contributed by atoms with Crippen LogP contribution in [0.15, 0.2) is 24.3 Å². The molecule has 1 atom stereocenters. The predicted molar refractivity (Wildman–Crippen MR) is 53.5 cm³/mol. The number of benzene rings is 1. The lowest BCUT2D eigenvalue weighted by molar-refractivity contribution is 0.0873. The minimum atomic E-state index is -1.26. The van der Waals surface area contributed by atoms with E-state index in [1.165, 1.54) is 0 Å². The van der Waals surface area contributed by atoms with Gasteiger partial charge in [0.1, 0.15) is 6.07 Å². The van der Waals surface area contributed by atoms with Crippen molar-refractivity contribution < 1.29 is 5.11 Å². The van der Waals surface area contributed by atoms with Crippen molar-refractivity contribution in [2.45, 2.75) is 31.3 Å². The standard InChI is InChI=1S/C12H13NO/c13-9-12(14)8-4-3-6-10-5-1-2-7-11(10)12/h1-2,5,7,14H,3-4,6,8H2. The Morgan fingerprint density at radius 2 is 2.07 bits per heavy atom.